The lowest BCUT2D eigenvalue weighted by Crippen LogP contribution is -2.25. The molecule has 0 spiro atoms. The third kappa shape index (κ3) is 2.64. The van der Waals surface area contributed by atoms with E-state index in [2.05, 4.69) is 9.97 Å². The van der Waals surface area contributed by atoms with Crippen molar-refractivity contribution in [2.45, 2.75) is 6.92 Å². The SMILES string of the molecule is COC(=O)[C@@H]1CN(c2cnc(C(=O)O)cn2)C[C@H]1C. The Balaban J connectivity index is 2.11. The van der Waals surface area contributed by atoms with Crippen LogP contribution in [0, 0.1) is 11.8 Å². The van der Waals surface area contributed by atoms with E-state index in [4.69, 9.17) is 9.84 Å². The van der Waals surface area contributed by atoms with Gasteiger partial charge in [-0.1, -0.05) is 6.92 Å². The molecule has 102 valence electrons. The highest BCUT2D eigenvalue weighted by Gasteiger charge is 2.36. The maximum absolute atomic E-state index is 11.6. The topological polar surface area (TPSA) is 92.6 Å². The molecular weight excluding hydrogens is 250 g/mol. The molecule has 1 aromatic heterocycles. The van der Waals surface area contributed by atoms with Crippen molar-refractivity contribution < 1.29 is 19.4 Å². The molecule has 0 unspecified atom stereocenters. The number of anilines is 1. The summed E-state index contributed by atoms with van der Waals surface area (Å²) in [6.45, 7) is 3.15. The predicted molar refractivity (Wildman–Crippen MR) is 65.9 cm³/mol. The van der Waals surface area contributed by atoms with Crippen LogP contribution in [-0.4, -0.2) is 47.2 Å². The van der Waals surface area contributed by atoms with Crippen molar-refractivity contribution in [1.82, 2.24) is 9.97 Å². The second-order valence-electron chi connectivity index (χ2n) is 4.58. The van der Waals surface area contributed by atoms with Crippen LogP contribution in [0.25, 0.3) is 0 Å². The number of carboxylic acids is 1. The van der Waals surface area contributed by atoms with E-state index >= 15 is 0 Å². The number of aromatic carboxylic acids is 1. The van der Waals surface area contributed by atoms with Gasteiger partial charge < -0.3 is 14.7 Å². The van der Waals surface area contributed by atoms with Gasteiger partial charge in [0.1, 0.15) is 5.82 Å². The van der Waals surface area contributed by atoms with E-state index in [1.54, 1.807) is 0 Å². The minimum Gasteiger partial charge on any atom is -0.476 e. The second-order valence-corrected chi connectivity index (χ2v) is 4.58. The molecule has 2 heterocycles. The van der Waals surface area contributed by atoms with Gasteiger partial charge in [0.25, 0.3) is 0 Å². The average molecular weight is 265 g/mol. The molecule has 2 atom stereocenters. The zero-order valence-corrected chi connectivity index (χ0v) is 10.7. The molecule has 7 nitrogen and oxygen atoms in total. The molecule has 1 aliphatic rings. The van der Waals surface area contributed by atoms with Crippen molar-refractivity contribution in [3.63, 3.8) is 0 Å². The maximum atomic E-state index is 11.6. The number of ether oxygens (including phenoxy) is 1. The minimum absolute atomic E-state index is 0.0967. The van der Waals surface area contributed by atoms with Crippen LogP contribution in [0.1, 0.15) is 17.4 Å². The van der Waals surface area contributed by atoms with Crippen molar-refractivity contribution in [3.05, 3.63) is 18.1 Å². The highest BCUT2D eigenvalue weighted by molar-refractivity contribution is 5.85. The summed E-state index contributed by atoms with van der Waals surface area (Å²) in [5.74, 6) is -0.797. The second kappa shape index (κ2) is 5.21. The smallest absolute Gasteiger partial charge is 0.356 e. The fourth-order valence-corrected chi connectivity index (χ4v) is 2.21. The fraction of sp³-hybridized carbons (Fsp3) is 0.500. The first-order chi connectivity index (χ1) is 9.02. The van der Waals surface area contributed by atoms with Gasteiger partial charge in [-0.25, -0.2) is 14.8 Å². The summed E-state index contributed by atoms with van der Waals surface area (Å²) >= 11 is 0. The van der Waals surface area contributed by atoms with Crippen molar-refractivity contribution >= 4 is 17.8 Å². The summed E-state index contributed by atoms with van der Waals surface area (Å²) in [5, 5.41) is 8.75. The molecule has 0 amide bonds. The van der Waals surface area contributed by atoms with Gasteiger partial charge in [-0.15, -0.1) is 0 Å². The Morgan fingerprint density at radius 1 is 1.37 bits per heavy atom. The van der Waals surface area contributed by atoms with E-state index in [1.807, 2.05) is 11.8 Å². The van der Waals surface area contributed by atoms with Gasteiger partial charge in [-0.05, 0) is 5.92 Å². The molecule has 1 N–H and O–H groups in total. The molecule has 0 bridgehead atoms. The number of aromatic nitrogens is 2. The van der Waals surface area contributed by atoms with Crippen LogP contribution in [-0.2, 0) is 9.53 Å². The van der Waals surface area contributed by atoms with Gasteiger partial charge in [-0.3, -0.25) is 4.79 Å². The molecule has 1 fully saturated rings. The van der Waals surface area contributed by atoms with E-state index in [9.17, 15) is 9.59 Å². The molecule has 7 heteroatoms. The summed E-state index contributed by atoms with van der Waals surface area (Å²) in [6, 6.07) is 0. The van der Waals surface area contributed by atoms with Crippen molar-refractivity contribution in [3.8, 4) is 0 Å². The van der Waals surface area contributed by atoms with E-state index in [-0.39, 0.29) is 23.5 Å². The van der Waals surface area contributed by atoms with Crippen LogP contribution in [0.5, 0.6) is 0 Å². The summed E-state index contributed by atoms with van der Waals surface area (Å²) in [4.78, 5) is 32.1. The quantitative estimate of drug-likeness (QED) is 0.791. The van der Waals surface area contributed by atoms with Crippen LogP contribution in [0.2, 0.25) is 0 Å². The van der Waals surface area contributed by atoms with Gasteiger partial charge in [-0.2, -0.15) is 0 Å². The number of hydrogen-bond donors (Lipinski definition) is 1. The lowest BCUT2D eigenvalue weighted by molar-refractivity contribution is -0.145. The van der Waals surface area contributed by atoms with Crippen LogP contribution < -0.4 is 4.90 Å². The third-order valence-electron chi connectivity index (χ3n) is 3.30. The number of esters is 1. The van der Waals surface area contributed by atoms with Gasteiger partial charge in [0, 0.05) is 13.1 Å². The van der Waals surface area contributed by atoms with Crippen LogP contribution in [0.3, 0.4) is 0 Å². The number of hydrogen-bond acceptors (Lipinski definition) is 6. The highest BCUT2D eigenvalue weighted by Crippen LogP contribution is 2.27. The van der Waals surface area contributed by atoms with E-state index in [0.29, 0.717) is 18.9 Å². The Morgan fingerprint density at radius 3 is 2.63 bits per heavy atom. The maximum Gasteiger partial charge on any atom is 0.356 e. The number of carbonyl (C=O) groups is 2. The summed E-state index contributed by atoms with van der Waals surface area (Å²) in [5.41, 5.74) is -0.0967. The Kier molecular flexibility index (Phi) is 3.64. The molecule has 0 saturated carbocycles. The monoisotopic (exact) mass is 265 g/mol. The average Bonchev–Trinajstić information content (AvgIpc) is 2.80. The standard InChI is InChI=1S/C12H15N3O4/c1-7-5-15(6-8(7)12(18)19-2)10-4-13-9(3-14-10)11(16)17/h3-4,7-8H,5-6H2,1-2H3,(H,16,17)/t7-,8-/m1/s1. The molecule has 0 aliphatic carbocycles. The summed E-state index contributed by atoms with van der Waals surface area (Å²) in [7, 11) is 1.37. The molecular formula is C12H15N3O4. The zero-order chi connectivity index (χ0) is 14.0. The lowest BCUT2D eigenvalue weighted by Gasteiger charge is -2.16. The third-order valence-corrected chi connectivity index (χ3v) is 3.30. The lowest BCUT2D eigenvalue weighted by atomic mass is 9.99. The number of nitrogens with zero attached hydrogens (tertiary/aromatic N) is 3. The van der Waals surface area contributed by atoms with Crippen LogP contribution >= 0.6 is 0 Å². The molecule has 0 aromatic carbocycles. The fourth-order valence-electron chi connectivity index (χ4n) is 2.21. The van der Waals surface area contributed by atoms with Crippen molar-refractivity contribution in [2.75, 3.05) is 25.1 Å². The van der Waals surface area contributed by atoms with Gasteiger partial charge in [0.15, 0.2) is 5.69 Å². The van der Waals surface area contributed by atoms with Crippen molar-refractivity contribution in [1.29, 1.82) is 0 Å². The summed E-state index contributed by atoms with van der Waals surface area (Å²) in [6.07, 6.45) is 2.63. The number of methoxy groups -OCH3 is 1. The Labute approximate surface area is 110 Å². The van der Waals surface area contributed by atoms with E-state index in [0.717, 1.165) is 0 Å². The molecule has 1 aromatic rings. The zero-order valence-electron chi connectivity index (χ0n) is 10.7. The van der Waals surface area contributed by atoms with E-state index < -0.39 is 5.97 Å². The van der Waals surface area contributed by atoms with Gasteiger partial charge in [0.2, 0.25) is 0 Å². The highest BCUT2D eigenvalue weighted by atomic mass is 16.5. The van der Waals surface area contributed by atoms with Crippen molar-refractivity contribution in [2.24, 2.45) is 11.8 Å². The molecule has 1 saturated heterocycles. The molecule has 2 rings (SSSR count). The predicted octanol–water partition coefficient (Wildman–Crippen LogP) is 0.420. The molecule has 19 heavy (non-hydrogen) atoms. The van der Waals surface area contributed by atoms with Gasteiger partial charge in [0.05, 0.1) is 25.4 Å². The Bertz CT molecular complexity index is 488. The first kappa shape index (κ1) is 13.3. The number of carboxylic acid groups (broad SMARTS) is 1. The largest absolute Gasteiger partial charge is 0.476 e. The van der Waals surface area contributed by atoms with Gasteiger partial charge >= 0.3 is 11.9 Å². The summed E-state index contributed by atoms with van der Waals surface area (Å²) < 4.78 is 4.76. The van der Waals surface area contributed by atoms with E-state index in [1.165, 1.54) is 19.5 Å². The van der Waals surface area contributed by atoms with Crippen LogP contribution in [0.15, 0.2) is 12.4 Å². The number of rotatable bonds is 3. The number of carbonyl (C=O) groups excluding carboxylic acids is 1. The first-order valence-corrected chi connectivity index (χ1v) is 5.91. The normalized spacial score (nSPS) is 22.3. The Hall–Kier alpha value is -2.18. The first-order valence-electron chi connectivity index (χ1n) is 5.91. The van der Waals surface area contributed by atoms with Crippen LogP contribution in [0.4, 0.5) is 5.82 Å². The molecule has 0 radical (unpaired) electrons. The Morgan fingerprint density at radius 2 is 2.11 bits per heavy atom. The minimum atomic E-state index is -1.11. The molecule has 1 aliphatic heterocycles.